The Morgan fingerprint density at radius 1 is 1.00 bits per heavy atom. The average Bonchev–Trinajstić information content (AvgIpc) is 2.66. The van der Waals surface area contributed by atoms with Crippen LogP contribution in [-0.4, -0.2) is 26.6 Å². The number of carbonyl (C=O) groups excluding carboxylic acids is 1. The first-order chi connectivity index (χ1) is 13.3. The highest BCUT2D eigenvalue weighted by molar-refractivity contribution is 7.92. The standard InChI is InChI=1S/C22H24N2O3S/c1-16-8-12-21(13-9-16)24(28(3,26)27)17(2)22(25)23-15-18-10-11-19-6-4-5-7-20(19)14-18/h4-14,17H,15H2,1-3H3,(H,23,25). The summed E-state index contributed by atoms with van der Waals surface area (Å²) in [6.45, 7) is 3.85. The van der Waals surface area contributed by atoms with Crippen molar-refractivity contribution in [1.29, 1.82) is 0 Å². The second kappa shape index (κ2) is 8.02. The highest BCUT2D eigenvalue weighted by Crippen LogP contribution is 2.21. The van der Waals surface area contributed by atoms with Crippen LogP contribution in [0.15, 0.2) is 66.7 Å². The SMILES string of the molecule is Cc1ccc(N(C(C)C(=O)NCc2ccc3ccccc3c2)S(C)(=O)=O)cc1. The van der Waals surface area contributed by atoms with Crippen molar-refractivity contribution >= 4 is 32.4 Å². The summed E-state index contributed by atoms with van der Waals surface area (Å²) in [6.07, 6.45) is 1.11. The summed E-state index contributed by atoms with van der Waals surface area (Å²) in [5.41, 5.74) is 2.45. The molecular weight excluding hydrogens is 372 g/mol. The molecule has 6 heteroatoms. The van der Waals surface area contributed by atoms with E-state index in [1.165, 1.54) is 0 Å². The van der Waals surface area contributed by atoms with Crippen LogP contribution in [0.25, 0.3) is 10.8 Å². The molecule has 0 heterocycles. The van der Waals surface area contributed by atoms with E-state index in [0.717, 1.165) is 32.5 Å². The minimum Gasteiger partial charge on any atom is -0.350 e. The third-order valence-corrected chi connectivity index (χ3v) is 5.90. The predicted molar refractivity (Wildman–Crippen MR) is 114 cm³/mol. The molecule has 0 aliphatic rings. The van der Waals surface area contributed by atoms with Gasteiger partial charge in [-0.1, -0.05) is 54.1 Å². The van der Waals surface area contributed by atoms with E-state index < -0.39 is 16.1 Å². The van der Waals surface area contributed by atoms with Gasteiger partial charge in [0.15, 0.2) is 0 Å². The average molecular weight is 397 g/mol. The van der Waals surface area contributed by atoms with E-state index in [1.54, 1.807) is 19.1 Å². The normalized spacial score (nSPS) is 12.5. The maximum atomic E-state index is 12.7. The van der Waals surface area contributed by atoms with Gasteiger partial charge in [0.05, 0.1) is 11.9 Å². The van der Waals surface area contributed by atoms with Crippen molar-refractivity contribution in [3.05, 3.63) is 77.9 Å². The third kappa shape index (κ3) is 4.51. The van der Waals surface area contributed by atoms with Crippen molar-refractivity contribution in [2.45, 2.75) is 26.4 Å². The summed E-state index contributed by atoms with van der Waals surface area (Å²) in [4.78, 5) is 12.7. The van der Waals surface area contributed by atoms with Crippen LogP contribution in [0.2, 0.25) is 0 Å². The Morgan fingerprint density at radius 3 is 2.29 bits per heavy atom. The Kier molecular flexibility index (Phi) is 5.70. The lowest BCUT2D eigenvalue weighted by molar-refractivity contribution is -0.122. The van der Waals surface area contributed by atoms with Crippen molar-refractivity contribution < 1.29 is 13.2 Å². The van der Waals surface area contributed by atoms with E-state index in [9.17, 15) is 13.2 Å². The molecule has 0 bridgehead atoms. The molecule has 0 saturated heterocycles. The fourth-order valence-electron chi connectivity index (χ4n) is 3.19. The molecule has 1 atom stereocenters. The number of nitrogens with zero attached hydrogens (tertiary/aromatic N) is 1. The van der Waals surface area contributed by atoms with Gasteiger partial charge in [-0.05, 0) is 48.4 Å². The van der Waals surface area contributed by atoms with E-state index in [1.807, 2.05) is 61.5 Å². The summed E-state index contributed by atoms with van der Waals surface area (Å²) in [5.74, 6) is -0.348. The van der Waals surface area contributed by atoms with Crippen molar-refractivity contribution in [2.24, 2.45) is 0 Å². The van der Waals surface area contributed by atoms with Crippen LogP contribution in [0.3, 0.4) is 0 Å². The zero-order valence-electron chi connectivity index (χ0n) is 16.2. The number of anilines is 1. The Morgan fingerprint density at radius 2 is 1.64 bits per heavy atom. The second-order valence-corrected chi connectivity index (χ2v) is 8.83. The van der Waals surface area contributed by atoms with Gasteiger partial charge >= 0.3 is 0 Å². The molecule has 28 heavy (non-hydrogen) atoms. The number of sulfonamides is 1. The quantitative estimate of drug-likeness (QED) is 0.692. The number of rotatable bonds is 6. The van der Waals surface area contributed by atoms with Crippen LogP contribution in [-0.2, 0) is 21.4 Å². The first-order valence-electron chi connectivity index (χ1n) is 9.07. The second-order valence-electron chi connectivity index (χ2n) is 6.97. The molecule has 1 unspecified atom stereocenters. The molecule has 0 aliphatic carbocycles. The maximum absolute atomic E-state index is 12.7. The minimum atomic E-state index is -3.61. The number of carbonyl (C=O) groups is 1. The summed E-state index contributed by atoms with van der Waals surface area (Å²) < 4.78 is 25.8. The summed E-state index contributed by atoms with van der Waals surface area (Å²) in [7, 11) is -3.61. The maximum Gasteiger partial charge on any atom is 0.243 e. The molecule has 0 radical (unpaired) electrons. The van der Waals surface area contributed by atoms with Crippen molar-refractivity contribution in [3.8, 4) is 0 Å². The molecule has 1 amide bonds. The molecule has 1 N–H and O–H groups in total. The predicted octanol–water partition coefficient (Wildman–Crippen LogP) is 3.62. The molecule has 0 aromatic heterocycles. The molecule has 5 nitrogen and oxygen atoms in total. The third-order valence-electron chi connectivity index (χ3n) is 4.66. The molecule has 3 aromatic carbocycles. The van der Waals surface area contributed by atoms with Gasteiger partial charge in [-0.25, -0.2) is 8.42 Å². The number of nitrogens with one attached hydrogen (secondary N) is 1. The highest BCUT2D eigenvalue weighted by Gasteiger charge is 2.28. The molecule has 0 spiro atoms. The van der Waals surface area contributed by atoms with Gasteiger partial charge in [0.2, 0.25) is 15.9 Å². The Bertz CT molecular complexity index is 1090. The van der Waals surface area contributed by atoms with Gasteiger partial charge in [0, 0.05) is 6.54 Å². The zero-order valence-corrected chi connectivity index (χ0v) is 17.0. The van der Waals surface area contributed by atoms with Crippen molar-refractivity contribution in [3.63, 3.8) is 0 Å². The van der Waals surface area contributed by atoms with Gasteiger partial charge in [-0.15, -0.1) is 0 Å². The molecule has 3 aromatic rings. The van der Waals surface area contributed by atoms with E-state index in [0.29, 0.717) is 12.2 Å². The summed E-state index contributed by atoms with van der Waals surface area (Å²) in [6, 6.07) is 20.2. The van der Waals surface area contributed by atoms with Gasteiger partial charge in [-0.2, -0.15) is 0 Å². The van der Waals surface area contributed by atoms with Crippen LogP contribution < -0.4 is 9.62 Å². The largest absolute Gasteiger partial charge is 0.350 e. The van der Waals surface area contributed by atoms with Crippen molar-refractivity contribution in [2.75, 3.05) is 10.6 Å². The van der Waals surface area contributed by atoms with Crippen molar-refractivity contribution in [1.82, 2.24) is 5.32 Å². The Balaban J connectivity index is 1.76. The first kappa shape index (κ1) is 19.9. The Hall–Kier alpha value is -2.86. The topological polar surface area (TPSA) is 66.5 Å². The molecule has 3 rings (SSSR count). The van der Waals surface area contributed by atoms with E-state index in [-0.39, 0.29) is 5.91 Å². The van der Waals surface area contributed by atoms with E-state index in [2.05, 4.69) is 5.32 Å². The number of fused-ring (bicyclic) bond motifs is 1. The van der Waals surface area contributed by atoms with Gasteiger partial charge in [0.1, 0.15) is 6.04 Å². The van der Waals surface area contributed by atoms with Crippen LogP contribution >= 0.6 is 0 Å². The molecular formula is C22H24N2O3S. The van der Waals surface area contributed by atoms with Crippen LogP contribution in [0, 0.1) is 6.92 Å². The molecule has 0 fully saturated rings. The number of benzene rings is 3. The lowest BCUT2D eigenvalue weighted by atomic mass is 10.1. The van der Waals surface area contributed by atoms with Gasteiger partial charge in [-0.3, -0.25) is 9.10 Å². The molecule has 0 saturated carbocycles. The Labute approximate surface area is 166 Å². The van der Waals surface area contributed by atoms with Crippen LogP contribution in [0.1, 0.15) is 18.1 Å². The van der Waals surface area contributed by atoms with E-state index in [4.69, 9.17) is 0 Å². The van der Waals surface area contributed by atoms with Gasteiger partial charge < -0.3 is 5.32 Å². The highest BCUT2D eigenvalue weighted by atomic mass is 32.2. The summed E-state index contributed by atoms with van der Waals surface area (Å²) >= 11 is 0. The summed E-state index contributed by atoms with van der Waals surface area (Å²) in [5, 5.41) is 5.08. The number of aryl methyl sites for hydroxylation is 1. The van der Waals surface area contributed by atoms with Crippen LogP contribution in [0.5, 0.6) is 0 Å². The monoisotopic (exact) mass is 396 g/mol. The lowest BCUT2D eigenvalue weighted by Crippen LogP contribution is -2.47. The number of hydrogen-bond acceptors (Lipinski definition) is 3. The minimum absolute atomic E-state index is 0.333. The number of amides is 1. The number of hydrogen-bond donors (Lipinski definition) is 1. The lowest BCUT2D eigenvalue weighted by Gasteiger charge is -2.28. The van der Waals surface area contributed by atoms with E-state index >= 15 is 0 Å². The first-order valence-corrected chi connectivity index (χ1v) is 10.9. The smallest absolute Gasteiger partial charge is 0.243 e. The fourth-order valence-corrected chi connectivity index (χ4v) is 4.36. The molecule has 146 valence electrons. The fraction of sp³-hybridized carbons (Fsp3) is 0.227. The molecule has 0 aliphatic heterocycles. The van der Waals surface area contributed by atoms with Gasteiger partial charge in [0.25, 0.3) is 0 Å². The van der Waals surface area contributed by atoms with Crippen LogP contribution in [0.4, 0.5) is 5.69 Å². The zero-order chi connectivity index (χ0) is 20.3.